The highest BCUT2D eigenvalue weighted by atomic mass is 16.5. The number of para-hydroxylation sites is 1. The van der Waals surface area contributed by atoms with Crippen LogP contribution in [0.1, 0.15) is 30.5 Å². The van der Waals surface area contributed by atoms with Gasteiger partial charge in [0.15, 0.2) is 0 Å². The number of carbonyl (C=O) groups excluding carboxylic acids is 1. The van der Waals surface area contributed by atoms with Crippen LogP contribution in [0.4, 0.5) is 5.69 Å². The molecule has 0 atom stereocenters. The quantitative estimate of drug-likeness (QED) is 0.586. The predicted molar refractivity (Wildman–Crippen MR) is 121 cm³/mol. The van der Waals surface area contributed by atoms with Gasteiger partial charge in [-0.1, -0.05) is 50.2 Å². The van der Waals surface area contributed by atoms with Crippen molar-refractivity contribution in [2.45, 2.75) is 33.2 Å². The third kappa shape index (κ3) is 5.15. The SMILES string of the molecule is CCc1cccc(CC)c1NC(=O)CN(C)Cc1ccc2cc(OC)ccc2c1. The van der Waals surface area contributed by atoms with Crippen molar-refractivity contribution >= 4 is 22.4 Å². The van der Waals surface area contributed by atoms with Gasteiger partial charge in [-0.15, -0.1) is 0 Å². The van der Waals surface area contributed by atoms with Crippen molar-refractivity contribution in [1.29, 1.82) is 0 Å². The first-order chi connectivity index (χ1) is 14.0. The number of aryl methyl sites for hydroxylation is 2. The molecule has 1 N–H and O–H groups in total. The largest absolute Gasteiger partial charge is 0.497 e. The first-order valence-electron chi connectivity index (χ1n) is 10.2. The summed E-state index contributed by atoms with van der Waals surface area (Å²) in [4.78, 5) is 14.7. The average Bonchev–Trinajstić information content (AvgIpc) is 2.73. The molecule has 0 heterocycles. The van der Waals surface area contributed by atoms with E-state index in [0.717, 1.165) is 29.7 Å². The van der Waals surface area contributed by atoms with Crippen molar-refractivity contribution in [3.05, 3.63) is 71.3 Å². The molecule has 0 radical (unpaired) electrons. The van der Waals surface area contributed by atoms with E-state index in [-0.39, 0.29) is 5.91 Å². The normalized spacial score (nSPS) is 11.1. The number of ether oxygens (including phenoxy) is 1. The topological polar surface area (TPSA) is 41.6 Å². The highest BCUT2D eigenvalue weighted by molar-refractivity contribution is 5.94. The fourth-order valence-electron chi connectivity index (χ4n) is 3.69. The summed E-state index contributed by atoms with van der Waals surface area (Å²) in [5, 5.41) is 5.47. The van der Waals surface area contributed by atoms with Crippen molar-refractivity contribution in [2.24, 2.45) is 0 Å². The molecule has 0 saturated carbocycles. The summed E-state index contributed by atoms with van der Waals surface area (Å²) in [7, 11) is 3.65. The van der Waals surface area contributed by atoms with Crippen LogP contribution in [0, 0.1) is 0 Å². The second-order valence-corrected chi connectivity index (χ2v) is 7.43. The van der Waals surface area contributed by atoms with Crippen molar-refractivity contribution < 1.29 is 9.53 Å². The Morgan fingerprint density at radius 2 is 1.62 bits per heavy atom. The molecule has 3 aromatic carbocycles. The van der Waals surface area contributed by atoms with Crippen LogP contribution >= 0.6 is 0 Å². The number of nitrogens with zero attached hydrogens (tertiary/aromatic N) is 1. The third-order valence-electron chi connectivity index (χ3n) is 5.24. The van der Waals surface area contributed by atoms with E-state index in [2.05, 4.69) is 61.6 Å². The van der Waals surface area contributed by atoms with E-state index in [1.165, 1.54) is 22.1 Å². The molecule has 1 amide bonds. The fraction of sp³-hybridized carbons (Fsp3) is 0.320. The average molecular weight is 391 g/mol. The summed E-state index contributed by atoms with van der Waals surface area (Å²) in [6, 6.07) is 18.7. The highest BCUT2D eigenvalue weighted by Crippen LogP contribution is 2.24. The number of hydrogen-bond acceptors (Lipinski definition) is 3. The molecule has 0 spiro atoms. The lowest BCUT2D eigenvalue weighted by Gasteiger charge is -2.19. The standard InChI is InChI=1S/C25H30N2O2/c1-5-19-8-7-9-20(6-2)25(19)26-24(28)17-27(3)16-18-10-11-22-15-23(29-4)13-12-21(22)14-18/h7-15H,5-6,16-17H2,1-4H3,(H,26,28). The lowest BCUT2D eigenvalue weighted by molar-refractivity contribution is -0.117. The smallest absolute Gasteiger partial charge is 0.238 e. The lowest BCUT2D eigenvalue weighted by Crippen LogP contribution is -2.30. The number of fused-ring (bicyclic) bond motifs is 1. The summed E-state index contributed by atoms with van der Waals surface area (Å²) in [6.07, 6.45) is 1.81. The van der Waals surface area contributed by atoms with Crippen molar-refractivity contribution in [2.75, 3.05) is 26.0 Å². The van der Waals surface area contributed by atoms with Crippen LogP contribution in [0.5, 0.6) is 5.75 Å². The number of rotatable bonds is 8. The van der Waals surface area contributed by atoms with E-state index in [1.54, 1.807) is 7.11 Å². The Kier molecular flexibility index (Phi) is 6.89. The van der Waals surface area contributed by atoms with E-state index in [1.807, 2.05) is 24.1 Å². The van der Waals surface area contributed by atoms with Gasteiger partial charge in [-0.3, -0.25) is 9.69 Å². The molecule has 0 aliphatic carbocycles. The Morgan fingerprint density at radius 1 is 0.966 bits per heavy atom. The summed E-state index contributed by atoms with van der Waals surface area (Å²) in [5.41, 5.74) is 4.53. The minimum Gasteiger partial charge on any atom is -0.497 e. The number of anilines is 1. The molecule has 4 heteroatoms. The van der Waals surface area contributed by atoms with Crippen molar-refractivity contribution in [3.8, 4) is 5.75 Å². The van der Waals surface area contributed by atoms with Crippen LogP contribution in [-0.2, 0) is 24.2 Å². The number of nitrogens with one attached hydrogen (secondary N) is 1. The Bertz CT molecular complexity index is 975. The van der Waals surface area contributed by atoms with Gasteiger partial charge in [0.05, 0.1) is 13.7 Å². The number of hydrogen-bond donors (Lipinski definition) is 1. The number of methoxy groups -OCH3 is 1. The summed E-state index contributed by atoms with van der Waals surface area (Å²) >= 11 is 0. The fourth-order valence-corrected chi connectivity index (χ4v) is 3.69. The van der Waals surface area contributed by atoms with Gasteiger partial charge in [0.2, 0.25) is 5.91 Å². The second-order valence-electron chi connectivity index (χ2n) is 7.43. The number of carbonyl (C=O) groups is 1. The van der Waals surface area contributed by atoms with E-state index >= 15 is 0 Å². The van der Waals surface area contributed by atoms with Gasteiger partial charge >= 0.3 is 0 Å². The highest BCUT2D eigenvalue weighted by Gasteiger charge is 2.12. The molecular weight excluding hydrogens is 360 g/mol. The Morgan fingerprint density at radius 3 is 2.28 bits per heavy atom. The zero-order valence-corrected chi connectivity index (χ0v) is 17.8. The monoisotopic (exact) mass is 390 g/mol. The molecule has 0 aliphatic heterocycles. The van der Waals surface area contributed by atoms with E-state index in [4.69, 9.17) is 4.74 Å². The maximum Gasteiger partial charge on any atom is 0.238 e. The van der Waals surface area contributed by atoms with E-state index in [0.29, 0.717) is 13.1 Å². The molecular formula is C25H30N2O2. The van der Waals surface area contributed by atoms with Crippen LogP contribution < -0.4 is 10.1 Å². The minimum atomic E-state index is 0.0219. The first kappa shape index (κ1) is 20.9. The van der Waals surface area contributed by atoms with Gasteiger partial charge in [-0.2, -0.15) is 0 Å². The van der Waals surface area contributed by atoms with Gasteiger partial charge in [-0.25, -0.2) is 0 Å². The van der Waals surface area contributed by atoms with Crippen LogP contribution in [0.2, 0.25) is 0 Å². The summed E-state index contributed by atoms with van der Waals surface area (Å²) < 4.78 is 5.29. The molecule has 0 aliphatic rings. The molecule has 0 bridgehead atoms. The van der Waals surface area contributed by atoms with Gasteiger partial charge in [0.25, 0.3) is 0 Å². The van der Waals surface area contributed by atoms with Gasteiger partial charge in [0, 0.05) is 12.2 Å². The van der Waals surface area contributed by atoms with Crippen LogP contribution in [0.3, 0.4) is 0 Å². The van der Waals surface area contributed by atoms with Crippen LogP contribution in [0.25, 0.3) is 10.8 Å². The lowest BCUT2D eigenvalue weighted by atomic mass is 10.0. The van der Waals surface area contributed by atoms with Crippen molar-refractivity contribution in [1.82, 2.24) is 4.90 Å². The summed E-state index contributed by atoms with van der Waals surface area (Å²) in [6.45, 7) is 5.30. The molecule has 4 nitrogen and oxygen atoms in total. The zero-order chi connectivity index (χ0) is 20.8. The second kappa shape index (κ2) is 9.57. The van der Waals surface area contributed by atoms with Gasteiger partial charge in [0.1, 0.15) is 5.75 Å². The molecule has 3 aromatic rings. The molecule has 0 fully saturated rings. The number of likely N-dealkylation sites (N-methyl/N-ethyl adjacent to an activating group) is 1. The van der Waals surface area contributed by atoms with Crippen LogP contribution in [0.15, 0.2) is 54.6 Å². The first-order valence-corrected chi connectivity index (χ1v) is 10.2. The molecule has 29 heavy (non-hydrogen) atoms. The maximum atomic E-state index is 12.7. The molecule has 152 valence electrons. The molecule has 0 aromatic heterocycles. The Labute approximate surface area is 173 Å². The zero-order valence-electron chi connectivity index (χ0n) is 17.8. The van der Waals surface area contributed by atoms with Crippen molar-refractivity contribution in [3.63, 3.8) is 0 Å². The Hall–Kier alpha value is -2.85. The number of amides is 1. The molecule has 0 saturated heterocycles. The Balaban J connectivity index is 1.65. The predicted octanol–water partition coefficient (Wildman–Crippen LogP) is 5.04. The number of benzene rings is 3. The summed E-state index contributed by atoms with van der Waals surface area (Å²) in [5.74, 6) is 0.881. The molecule has 3 rings (SSSR count). The third-order valence-corrected chi connectivity index (χ3v) is 5.24. The van der Waals surface area contributed by atoms with E-state index in [9.17, 15) is 4.79 Å². The maximum absolute atomic E-state index is 12.7. The minimum absolute atomic E-state index is 0.0219. The van der Waals surface area contributed by atoms with Gasteiger partial charge < -0.3 is 10.1 Å². The molecule has 0 unspecified atom stereocenters. The van der Waals surface area contributed by atoms with E-state index < -0.39 is 0 Å². The van der Waals surface area contributed by atoms with Crippen LogP contribution in [-0.4, -0.2) is 31.5 Å². The van der Waals surface area contributed by atoms with Gasteiger partial charge in [-0.05, 0) is 65.6 Å².